The molecule has 0 aliphatic carbocycles. The van der Waals surface area contributed by atoms with E-state index in [0.717, 1.165) is 0 Å². The Kier molecular flexibility index (Phi) is 4.59. The summed E-state index contributed by atoms with van der Waals surface area (Å²) in [5.74, 6) is -0.397. The predicted molar refractivity (Wildman–Crippen MR) is 59.2 cm³/mol. The van der Waals surface area contributed by atoms with Crippen LogP contribution in [0.25, 0.3) is 0 Å². The Hall–Kier alpha value is -1.27. The summed E-state index contributed by atoms with van der Waals surface area (Å²) in [4.78, 5) is 0. The zero-order valence-electron chi connectivity index (χ0n) is 10.1. The molecule has 1 unspecified atom stereocenters. The Labute approximate surface area is 103 Å². The van der Waals surface area contributed by atoms with Gasteiger partial charge in [0.1, 0.15) is 5.75 Å². The maximum Gasteiger partial charge on any atom is 0.573 e. The number of ether oxygens (including phenoxy) is 2. The fraction of sp³-hybridized carbons (Fsp3) is 0.500. The first-order chi connectivity index (χ1) is 8.26. The molecule has 0 saturated carbocycles. The lowest BCUT2D eigenvalue weighted by molar-refractivity contribution is -0.275. The van der Waals surface area contributed by atoms with E-state index in [-0.39, 0.29) is 18.6 Å². The Morgan fingerprint density at radius 3 is 2.39 bits per heavy atom. The van der Waals surface area contributed by atoms with Crippen LogP contribution in [-0.4, -0.2) is 25.2 Å². The van der Waals surface area contributed by atoms with Gasteiger partial charge in [-0.3, -0.25) is 0 Å². The SMILES string of the molecule is COCCC(C)(O)c1ccccc1OC(F)(F)F. The molecule has 102 valence electrons. The minimum absolute atomic E-state index is 0.0828. The van der Waals surface area contributed by atoms with Crippen LogP contribution >= 0.6 is 0 Å². The number of methoxy groups -OCH3 is 1. The van der Waals surface area contributed by atoms with E-state index in [0.29, 0.717) is 0 Å². The van der Waals surface area contributed by atoms with Crippen LogP contribution in [0.2, 0.25) is 0 Å². The van der Waals surface area contributed by atoms with Gasteiger partial charge in [-0.15, -0.1) is 13.2 Å². The number of hydrogen-bond acceptors (Lipinski definition) is 3. The topological polar surface area (TPSA) is 38.7 Å². The van der Waals surface area contributed by atoms with Crippen molar-refractivity contribution in [2.24, 2.45) is 0 Å². The van der Waals surface area contributed by atoms with Gasteiger partial charge in [-0.25, -0.2) is 0 Å². The minimum atomic E-state index is -4.78. The largest absolute Gasteiger partial charge is 0.573 e. The smallest absolute Gasteiger partial charge is 0.405 e. The van der Waals surface area contributed by atoms with Gasteiger partial charge in [-0.1, -0.05) is 18.2 Å². The summed E-state index contributed by atoms with van der Waals surface area (Å²) in [5.41, 5.74) is -1.36. The zero-order valence-corrected chi connectivity index (χ0v) is 10.1. The standard InChI is InChI=1S/C12H15F3O3/c1-11(16,7-8-17-2)9-5-3-4-6-10(9)18-12(13,14)15/h3-6,16H,7-8H2,1-2H3. The lowest BCUT2D eigenvalue weighted by Crippen LogP contribution is -2.26. The van der Waals surface area contributed by atoms with Crippen molar-refractivity contribution in [2.45, 2.75) is 25.3 Å². The summed E-state index contributed by atoms with van der Waals surface area (Å²) in [6.45, 7) is 1.65. The van der Waals surface area contributed by atoms with E-state index >= 15 is 0 Å². The van der Waals surface area contributed by atoms with E-state index in [2.05, 4.69) is 4.74 Å². The molecule has 1 N–H and O–H groups in total. The second kappa shape index (κ2) is 5.58. The average molecular weight is 264 g/mol. The summed E-state index contributed by atoms with van der Waals surface area (Å²) >= 11 is 0. The number of halogens is 3. The molecule has 1 atom stereocenters. The molecule has 0 aromatic heterocycles. The quantitative estimate of drug-likeness (QED) is 0.888. The van der Waals surface area contributed by atoms with Crippen LogP contribution < -0.4 is 4.74 Å². The molecule has 0 spiro atoms. The lowest BCUT2D eigenvalue weighted by atomic mass is 9.92. The summed E-state index contributed by atoms with van der Waals surface area (Å²) in [6.07, 6.45) is -4.62. The van der Waals surface area contributed by atoms with Crippen LogP contribution in [0.3, 0.4) is 0 Å². The van der Waals surface area contributed by atoms with Crippen LogP contribution in [0.5, 0.6) is 5.75 Å². The summed E-state index contributed by atoms with van der Waals surface area (Å²) < 4.78 is 45.4. The van der Waals surface area contributed by atoms with Crippen molar-refractivity contribution >= 4 is 0 Å². The van der Waals surface area contributed by atoms with Gasteiger partial charge in [-0.2, -0.15) is 0 Å². The second-order valence-corrected chi connectivity index (χ2v) is 4.06. The van der Waals surface area contributed by atoms with E-state index in [1.54, 1.807) is 6.07 Å². The number of hydrogen-bond donors (Lipinski definition) is 1. The van der Waals surface area contributed by atoms with Crippen LogP contribution in [0, 0.1) is 0 Å². The number of aliphatic hydroxyl groups is 1. The van der Waals surface area contributed by atoms with E-state index < -0.39 is 17.7 Å². The number of alkyl halides is 3. The van der Waals surface area contributed by atoms with Gasteiger partial charge in [0.25, 0.3) is 0 Å². The van der Waals surface area contributed by atoms with Crippen molar-refractivity contribution < 1.29 is 27.8 Å². The first-order valence-corrected chi connectivity index (χ1v) is 5.33. The molecule has 1 rings (SSSR count). The Balaban J connectivity index is 3.00. The Morgan fingerprint density at radius 1 is 1.22 bits per heavy atom. The molecule has 1 aromatic carbocycles. The zero-order chi connectivity index (χ0) is 13.8. The van der Waals surface area contributed by atoms with Crippen LogP contribution in [0.15, 0.2) is 24.3 Å². The highest BCUT2D eigenvalue weighted by molar-refractivity contribution is 5.37. The predicted octanol–water partition coefficient (Wildman–Crippen LogP) is 2.83. The van der Waals surface area contributed by atoms with Gasteiger partial charge in [0.2, 0.25) is 0 Å². The molecule has 6 heteroatoms. The molecule has 18 heavy (non-hydrogen) atoms. The molecule has 0 amide bonds. The first kappa shape index (κ1) is 14.8. The third kappa shape index (κ3) is 4.19. The fourth-order valence-corrected chi connectivity index (χ4v) is 1.56. The molecule has 1 aromatic rings. The summed E-state index contributed by atoms with van der Waals surface area (Å²) in [6, 6.07) is 5.53. The minimum Gasteiger partial charge on any atom is -0.405 e. The van der Waals surface area contributed by atoms with Gasteiger partial charge in [0.05, 0.1) is 5.60 Å². The molecule has 0 aliphatic rings. The fourth-order valence-electron chi connectivity index (χ4n) is 1.56. The van der Waals surface area contributed by atoms with Gasteiger partial charge in [0, 0.05) is 25.7 Å². The third-order valence-corrected chi connectivity index (χ3v) is 2.49. The van der Waals surface area contributed by atoms with Gasteiger partial charge >= 0.3 is 6.36 Å². The Bertz CT molecular complexity index is 388. The molecule has 0 aliphatic heterocycles. The van der Waals surface area contributed by atoms with Gasteiger partial charge in [-0.05, 0) is 13.0 Å². The van der Waals surface area contributed by atoms with Gasteiger partial charge < -0.3 is 14.6 Å². The highest BCUT2D eigenvalue weighted by Gasteiger charge is 2.35. The molecule has 0 saturated heterocycles. The summed E-state index contributed by atoms with van der Waals surface area (Å²) in [7, 11) is 1.45. The molecule has 3 nitrogen and oxygen atoms in total. The Morgan fingerprint density at radius 2 is 1.83 bits per heavy atom. The van der Waals surface area contributed by atoms with Crippen LogP contribution in [-0.2, 0) is 10.3 Å². The second-order valence-electron chi connectivity index (χ2n) is 4.06. The normalized spacial score (nSPS) is 15.2. The van der Waals surface area contributed by atoms with Crippen molar-refractivity contribution in [3.63, 3.8) is 0 Å². The molecule has 0 fully saturated rings. The summed E-state index contributed by atoms with van der Waals surface area (Å²) in [5, 5.41) is 10.2. The van der Waals surface area contributed by atoms with Crippen molar-refractivity contribution in [1.29, 1.82) is 0 Å². The van der Waals surface area contributed by atoms with Gasteiger partial charge in [0.15, 0.2) is 0 Å². The highest BCUT2D eigenvalue weighted by atomic mass is 19.4. The van der Waals surface area contributed by atoms with E-state index in [9.17, 15) is 18.3 Å². The lowest BCUT2D eigenvalue weighted by Gasteiger charge is -2.26. The molecule has 0 radical (unpaired) electrons. The van der Waals surface area contributed by atoms with E-state index in [1.807, 2.05) is 0 Å². The maximum absolute atomic E-state index is 12.2. The highest BCUT2D eigenvalue weighted by Crippen LogP contribution is 2.35. The van der Waals surface area contributed by atoms with Crippen molar-refractivity contribution in [3.8, 4) is 5.75 Å². The molecular weight excluding hydrogens is 249 g/mol. The monoisotopic (exact) mass is 264 g/mol. The maximum atomic E-state index is 12.2. The third-order valence-electron chi connectivity index (χ3n) is 2.49. The van der Waals surface area contributed by atoms with Crippen molar-refractivity contribution in [2.75, 3.05) is 13.7 Å². The number of rotatable bonds is 5. The number of benzene rings is 1. The number of para-hydroxylation sites is 1. The molecular formula is C12H15F3O3. The van der Waals surface area contributed by atoms with E-state index in [1.165, 1.54) is 32.2 Å². The van der Waals surface area contributed by atoms with E-state index in [4.69, 9.17) is 4.74 Å². The first-order valence-electron chi connectivity index (χ1n) is 5.33. The van der Waals surface area contributed by atoms with Crippen molar-refractivity contribution in [3.05, 3.63) is 29.8 Å². The average Bonchev–Trinajstić information content (AvgIpc) is 2.25. The molecule has 0 heterocycles. The van der Waals surface area contributed by atoms with Crippen LogP contribution in [0.1, 0.15) is 18.9 Å². The molecule has 0 bridgehead atoms. The van der Waals surface area contributed by atoms with Crippen LogP contribution in [0.4, 0.5) is 13.2 Å². The van der Waals surface area contributed by atoms with Crippen molar-refractivity contribution in [1.82, 2.24) is 0 Å².